The Morgan fingerprint density at radius 2 is 1.89 bits per heavy atom. The Hall–Kier alpha value is -1.35. The van der Waals surface area contributed by atoms with Crippen LogP contribution in [0.2, 0.25) is 0 Å². The maximum Gasteiger partial charge on any atom is 0.254 e. The molecule has 0 aromatic heterocycles. The fraction of sp³-hybridized carbons (Fsp3) is 0.533. The number of rotatable bonds is 2. The molecule has 1 saturated heterocycles. The van der Waals surface area contributed by atoms with E-state index in [-0.39, 0.29) is 11.9 Å². The first-order valence-electron chi connectivity index (χ1n) is 6.69. The molecule has 0 aliphatic carbocycles. The number of hydrogen-bond donors (Lipinski definition) is 0. The Balaban J connectivity index is 2.05. The van der Waals surface area contributed by atoms with E-state index in [2.05, 4.69) is 25.7 Å². The van der Waals surface area contributed by atoms with Gasteiger partial charge in [-0.15, -0.1) is 0 Å². The van der Waals surface area contributed by atoms with Crippen LogP contribution in [0.25, 0.3) is 0 Å². The van der Waals surface area contributed by atoms with Crippen molar-refractivity contribution in [1.82, 2.24) is 9.80 Å². The molecule has 1 heterocycles. The molecule has 2 rings (SSSR count). The van der Waals surface area contributed by atoms with Gasteiger partial charge in [0.05, 0.1) is 0 Å². The number of benzene rings is 1. The van der Waals surface area contributed by atoms with Crippen LogP contribution < -0.4 is 0 Å². The van der Waals surface area contributed by atoms with Crippen LogP contribution in [0, 0.1) is 0 Å². The minimum Gasteiger partial charge on any atom is -0.333 e. The van der Waals surface area contributed by atoms with Crippen molar-refractivity contribution in [3.8, 4) is 0 Å². The van der Waals surface area contributed by atoms with Gasteiger partial charge in [-0.1, -0.05) is 18.2 Å². The summed E-state index contributed by atoms with van der Waals surface area (Å²) in [7, 11) is 0. The van der Waals surface area contributed by atoms with Crippen molar-refractivity contribution in [3.63, 3.8) is 0 Å². The van der Waals surface area contributed by atoms with Crippen LogP contribution in [0.3, 0.4) is 0 Å². The molecule has 18 heavy (non-hydrogen) atoms. The molecule has 3 heteroatoms. The largest absolute Gasteiger partial charge is 0.333 e. The Morgan fingerprint density at radius 3 is 2.44 bits per heavy atom. The third-order valence-electron chi connectivity index (χ3n) is 3.67. The third kappa shape index (κ3) is 2.72. The normalized spacial score (nSPS) is 21.3. The number of nitrogens with zero attached hydrogens (tertiary/aromatic N) is 2. The first-order valence-corrected chi connectivity index (χ1v) is 6.69. The van der Waals surface area contributed by atoms with E-state index in [1.807, 2.05) is 35.2 Å². The van der Waals surface area contributed by atoms with Crippen molar-refractivity contribution in [2.45, 2.75) is 32.9 Å². The molecule has 0 bridgehead atoms. The van der Waals surface area contributed by atoms with E-state index in [9.17, 15) is 4.79 Å². The van der Waals surface area contributed by atoms with E-state index in [1.165, 1.54) is 0 Å². The van der Waals surface area contributed by atoms with Crippen molar-refractivity contribution >= 4 is 5.91 Å². The highest BCUT2D eigenvalue weighted by atomic mass is 16.2. The van der Waals surface area contributed by atoms with E-state index >= 15 is 0 Å². The second-order valence-corrected chi connectivity index (χ2v) is 5.30. The average molecular weight is 246 g/mol. The van der Waals surface area contributed by atoms with Crippen LogP contribution in [0.4, 0.5) is 0 Å². The Kier molecular flexibility index (Phi) is 4.02. The van der Waals surface area contributed by atoms with Crippen LogP contribution in [0.15, 0.2) is 30.3 Å². The fourth-order valence-electron chi connectivity index (χ4n) is 2.50. The molecule has 0 saturated carbocycles. The number of hydrogen-bond acceptors (Lipinski definition) is 2. The summed E-state index contributed by atoms with van der Waals surface area (Å²) in [4.78, 5) is 16.8. The predicted molar refractivity (Wildman–Crippen MR) is 73.6 cm³/mol. The van der Waals surface area contributed by atoms with E-state index in [0.29, 0.717) is 6.04 Å². The number of piperazine rings is 1. The zero-order valence-corrected chi connectivity index (χ0v) is 11.5. The molecule has 1 aromatic carbocycles. The van der Waals surface area contributed by atoms with E-state index in [1.54, 1.807) is 0 Å². The molecular weight excluding hydrogens is 224 g/mol. The molecule has 0 radical (unpaired) electrons. The summed E-state index contributed by atoms with van der Waals surface area (Å²) < 4.78 is 0. The summed E-state index contributed by atoms with van der Waals surface area (Å²) in [5, 5.41) is 0. The van der Waals surface area contributed by atoms with Crippen molar-refractivity contribution in [2.24, 2.45) is 0 Å². The molecule has 1 aliphatic rings. The predicted octanol–water partition coefficient (Wildman–Crippen LogP) is 2.24. The summed E-state index contributed by atoms with van der Waals surface area (Å²) in [5.41, 5.74) is 0.794. The second kappa shape index (κ2) is 5.53. The van der Waals surface area contributed by atoms with Crippen LogP contribution in [-0.4, -0.2) is 47.4 Å². The van der Waals surface area contributed by atoms with E-state index in [0.717, 1.165) is 25.2 Å². The van der Waals surface area contributed by atoms with Gasteiger partial charge in [0.15, 0.2) is 0 Å². The molecule has 0 spiro atoms. The van der Waals surface area contributed by atoms with Gasteiger partial charge in [0, 0.05) is 37.3 Å². The number of carbonyl (C=O) groups excluding carboxylic acids is 1. The number of carbonyl (C=O) groups is 1. The zero-order chi connectivity index (χ0) is 13.1. The third-order valence-corrected chi connectivity index (χ3v) is 3.67. The Labute approximate surface area is 109 Å². The molecule has 1 aromatic rings. The SMILES string of the molecule is CC(C)N1CCN(C(=O)c2ccccc2)C(C)C1. The van der Waals surface area contributed by atoms with Crippen LogP contribution in [-0.2, 0) is 0 Å². The minimum atomic E-state index is 0.159. The summed E-state index contributed by atoms with van der Waals surface area (Å²) in [5.74, 6) is 0.159. The first-order chi connectivity index (χ1) is 8.59. The van der Waals surface area contributed by atoms with Gasteiger partial charge in [-0.3, -0.25) is 9.69 Å². The zero-order valence-electron chi connectivity index (χ0n) is 11.5. The van der Waals surface area contributed by atoms with Gasteiger partial charge in [-0.05, 0) is 32.9 Å². The van der Waals surface area contributed by atoms with Crippen molar-refractivity contribution in [1.29, 1.82) is 0 Å². The monoisotopic (exact) mass is 246 g/mol. The Bertz CT molecular complexity index is 402. The lowest BCUT2D eigenvalue weighted by atomic mass is 10.1. The minimum absolute atomic E-state index is 0.159. The van der Waals surface area contributed by atoms with E-state index < -0.39 is 0 Å². The van der Waals surface area contributed by atoms with Crippen molar-refractivity contribution in [3.05, 3.63) is 35.9 Å². The molecular formula is C15H22N2O. The maximum absolute atomic E-state index is 12.4. The molecule has 1 aliphatic heterocycles. The standard InChI is InChI=1S/C15H22N2O/c1-12(2)16-9-10-17(13(3)11-16)15(18)14-7-5-4-6-8-14/h4-8,12-13H,9-11H2,1-3H3. The topological polar surface area (TPSA) is 23.6 Å². The molecule has 3 nitrogen and oxygen atoms in total. The fourth-order valence-corrected chi connectivity index (χ4v) is 2.50. The van der Waals surface area contributed by atoms with Gasteiger partial charge in [-0.25, -0.2) is 0 Å². The van der Waals surface area contributed by atoms with Gasteiger partial charge >= 0.3 is 0 Å². The maximum atomic E-state index is 12.4. The highest BCUT2D eigenvalue weighted by molar-refractivity contribution is 5.94. The van der Waals surface area contributed by atoms with Crippen LogP contribution in [0.5, 0.6) is 0 Å². The van der Waals surface area contributed by atoms with Gasteiger partial charge < -0.3 is 4.90 Å². The summed E-state index contributed by atoms with van der Waals surface area (Å²) >= 11 is 0. The molecule has 1 atom stereocenters. The molecule has 1 fully saturated rings. The lowest BCUT2D eigenvalue weighted by Gasteiger charge is -2.41. The highest BCUT2D eigenvalue weighted by Crippen LogP contribution is 2.15. The smallest absolute Gasteiger partial charge is 0.254 e. The molecule has 0 N–H and O–H groups in total. The molecule has 1 unspecified atom stereocenters. The lowest BCUT2D eigenvalue weighted by molar-refractivity contribution is 0.0426. The van der Waals surface area contributed by atoms with Gasteiger partial charge in [-0.2, -0.15) is 0 Å². The highest BCUT2D eigenvalue weighted by Gasteiger charge is 2.28. The Morgan fingerprint density at radius 1 is 1.22 bits per heavy atom. The van der Waals surface area contributed by atoms with Crippen LogP contribution >= 0.6 is 0 Å². The van der Waals surface area contributed by atoms with Gasteiger partial charge in [0.25, 0.3) is 5.91 Å². The van der Waals surface area contributed by atoms with Crippen LogP contribution in [0.1, 0.15) is 31.1 Å². The van der Waals surface area contributed by atoms with Crippen molar-refractivity contribution < 1.29 is 4.79 Å². The lowest BCUT2D eigenvalue weighted by Crippen LogP contribution is -2.55. The summed E-state index contributed by atoms with van der Waals surface area (Å²) in [6, 6.07) is 10.4. The summed E-state index contributed by atoms with van der Waals surface area (Å²) in [6.07, 6.45) is 0. The first kappa shape index (κ1) is 13.1. The molecule has 98 valence electrons. The van der Waals surface area contributed by atoms with Gasteiger partial charge in [0.1, 0.15) is 0 Å². The number of amides is 1. The summed E-state index contributed by atoms with van der Waals surface area (Å²) in [6.45, 7) is 9.32. The molecule has 1 amide bonds. The second-order valence-electron chi connectivity index (χ2n) is 5.30. The van der Waals surface area contributed by atoms with Crippen molar-refractivity contribution in [2.75, 3.05) is 19.6 Å². The van der Waals surface area contributed by atoms with E-state index in [4.69, 9.17) is 0 Å². The quantitative estimate of drug-likeness (QED) is 0.799. The average Bonchev–Trinajstić information content (AvgIpc) is 2.38. The van der Waals surface area contributed by atoms with Gasteiger partial charge in [0.2, 0.25) is 0 Å².